The number of hydrogen-bond acceptors (Lipinski definition) is 8. The van der Waals surface area contributed by atoms with Gasteiger partial charge in [-0.1, -0.05) is 6.07 Å². The van der Waals surface area contributed by atoms with E-state index in [0.29, 0.717) is 44.0 Å². The monoisotopic (exact) mass is 486 g/mol. The highest BCUT2D eigenvalue weighted by Gasteiger charge is 2.23. The first-order chi connectivity index (χ1) is 16.4. The van der Waals surface area contributed by atoms with E-state index in [2.05, 4.69) is 0 Å². The lowest BCUT2D eigenvalue weighted by molar-refractivity contribution is -0.167. The maximum absolute atomic E-state index is 12.0. The average Bonchev–Trinajstić information content (AvgIpc) is 2.79. The van der Waals surface area contributed by atoms with E-state index in [-0.39, 0.29) is 44.0 Å². The summed E-state index contributed by atoms with van der Waals surface area (Å²) in [5, 5.41) is 19.2. The van der Waals surface area contributed by atoms with Gasteiger partial charge in [0.1, 0.15) is 0 Å². The second-order valence-corrected chi connectivity index (χ2v) is 7.07. The van der Waals surface area contributed by atoms with Gasteiger partial charge in [0.05, 0.1) is 37.6 Å². The van der Waals surface area contributed by atoms with Crippen molar-refractivity contribution in [2.45, 2.75) is 53.1 Å². The summed E-state index contributed by atoms with van der Waals surface area (Å²) in [6.07, 6.45) is -0.392. The lowest BCUT2D eigenvalue weighted by atomic mass is 9.92. The van der Waals surface area contributed by atoms with Gasteiger partial charge in [-0.05, 0) is 57.7 Å². The molecule has 0 amide bonds. The number of carbonyl (C=O) groups is 2. The van der Waals surface area contributed by atoms with Gasteiger partial charge in [0.15, 0.2) is 12.6 Å². The Balaban J connectivity index is 2.92. The van der Waals surface area contributed by atoms with Crippen LogP contribution in [-0.2, 0) is 41.3 Å². The van der Waals surface area contributed by atoms with Crippen molar-refractivity contribution >= 4 is 11.9 Å². The first-order valence-electron chi connectivity index (χ1n) is 11.6. The summed E-state index contributed by atoms with van der Waals surface area (Å²) in [4.78, 5) is 23.6. The summed E-state index contributed by atoms with van der Waals surface area (Å²) >= 11 is 0. The second kappa shape index (κ2) is 17.4. The molecule has 0 aromatic heterocycles. The zero-order valence-corrected chi connectivity index (χ0v) is 20.5. The normalized spacial score (nSPS) is 11.5. The minimum Gasteiger partial charge on any atom is -0.478 e. The molecule has 0 heterocycles. The van der Waals surface area contributed by atoms with E-state index < -0.39 is 24.5 Å². The van der Waals surface area contributed by atoms with Crippen LogP contribution < -0.4 is 0 Å². The first kappa shape index (κ1) is 30.0. The van der Waals surface area contributed by atoms with E-state index in [0.717, 1.165) is 0 Å². The zero-order chi connectivity index (χ0) is 25.3. The quantitative estimate of drug-likeness (QED) is 0.209. The molecule has 0 aliphatic rings. The molecule has 1 aromatic carbocycles. The van der Waals surface area contributed by atoms with E-state index in [1.165, 1.54) is 6.07 Å². The number of aromatic carboxylic acids is 2. The maximum Gasteiger partial charge on any atom is 0.336 e. The van der Waals surface area contributed by atoms with Crippen LogP contribution in [0.25, 0.3) is 0 Å². The molecule has 1 rings (SSSR count). The zero-order valence-electron chi connectivity index (χ0n) is 20.5. The highest BCUT2D eigenvalue weighted by Crippen LogP contribution is 2.22. The average molecular weight is 487 g/mol. The van der Waals surface area contributed by atoms with Crippen LogP contribution in [0.15, 0.2) is 12.1 Å². The third kappa shape index (κ3) is 10.5. The molecule has 0 aliphatic heterocycles. The highest BCUT2D eigenvalue weighted by atomic mass is 16.7. The molecule has 194 valence electrons. The van der Waals surface area contributed by atoms with Crippen LogP contribution in [0.3, 0.4) is 0 Å². The summed E-state index contributed by atoms with van der Waals surface area (Å²) in [6, 6.07) is 2.94. The van der Waals surface area contributed by atoms with Gasteiger partial charge in [0.25, 0.3) is 0 Å². The molecular weight excluding hydrogens is 448 g/mol. The van der Waals surface area contributed by atoms with Crippen LogP contribution in [-0.4, -0.2) is 87.6 Å². The molecule has 0 unspecified atom stereocenters. The van der Waals surface area contributed by atoms with E-state index in [1.807, 2.05) is 27.7 Å². The summed E-state index contributed by atoms with van der Waals surface area (Å²) in [5.41, 5.74) is 0.593. The standard InChI is InChI=1S/C24H38O10/c1-5-31-20(32-6-2)15-29-13-11-17-9-10-19(23(25)26)22(24(27)28)18(17)12-14-30-16-21(33-7-3)34-8-4/h9-10,20-21H,5-8,11-16H2,1-4H3,(H,25,26)(H,27,28). The molecule has 10 nitrogen and oxygen atoms in total. The second-order valence-electron chi connectivity index (χ2n) is 7.07. The largest absolute Gasteiger partial charge is 0.478 e. The molecule has 0 atom stereocenters. The predicted molar refractivity (Wildman–Crippen MR) is 123 cm³/mol. The van der Waals surface area contributed by atoms with Crippen molar-refractivity contribution in [1.29, 1.82) is 0 Å². The van der Waals surface area contributed by atoms with E-state index in [4.69, 9.17) is 28.4 Å². The molecule has 2 N–H and O–H groups in total. The van der Waals surface area contributed by atoms with E-state index >= 15 is 0 Å². The van der Waals surface area contributed by atoms with Gasteiger partial charge in [-0.25, -0.2) is 9.59 Å². The van der Waals surface area contributed by atoms with Crippen LogP contribution in [0, 0.1) is 0 Å². The van der Waals surface area contributed by atoms with Crippen molar-refractivity contribution in [3.8, 4) is 0 Å². The molecule has 0 fully saturated rings. The van der Waals surface area contributed by atoms with Gasteiger partial charge in [0, 0.05) is 26.4 Å². The first-order valence-corrected chi connectivity index (χ1v) is 11.6. The van der Waals surface area contributed by atoms with Crippen molar-refractivity contribution in [2.75, 3.05) is 52.9 Å². The van der Waals surface area contributed by atoms with Crippen molar-refractivity contribution in [1.82, 2.24) is 0 Å². The lowest BCUT2D eigenvalue weighted by Gasteiger charge is -2.19. The predicted octanol–water partition coefficient (Wildman–Crippen LogP) is 3.00. The Kier molecular flexibility index (Phi) is 15.3. The minimum atomic E-state index is -1.30. The Hall–Kier alpha value is -2.08. The Morgan fingerprint density at radius 2 is 1.21 bits per heavy atom. The van der Waals surface area contributed by atoms with Gasteiger partial charge in [-0.3, -0.25) is 0 Å². The molecule has 0 saturated heterocycles. The fourth-order valence-electron chi connectivity index (χ4n) is 3.38. The number of rotatable bonds is 20. The Morgan fingerprint density at radius 1 is 0.735 bits per heavy atom. The van der Waals surface area contributed by atoms with E-state index in [9.17, 15) is 19.8 Å². The van der Waals surface area contributed by atoms with Crippen molar-refractivity contribution in [3.05, 3.63) is 34.4 Å². The maximum atomic E-state index is 12.0. The van der Waals surface area contributed by atoms with Crippen LogP contribution in [0.1, 0.15) is 59.5 Å². The molecular formula is C24H38O10. The molecule has 0 spiro atoms. The van der Waals surface area contributed by atoms with Crippen LogP contribution in [0.2, 0.25) is 0 Å². The van der Waals surface area contributed by atoms with E-state index in [1.54, 1.807) is 6.07 Å². The fraction of sp³-hybridized carbons (Fsp3) is 0.667. The number of hydrogen-bond donors (Lipinski definition) is 2. The number of ether oxygens (including phenoxy) is 6. The molecule has 10 heteroatoms. The number of benzene rings is 1. The Morgan fingerprint density at radius 3 is 1.62 bits per heavy atom. The number of carboxylic acid groups (broad SMARTS) is 2. The molecule has 34 heavy (non-hydrogen) atoms. The summed E-state index contributed by atoms with van der Waals surface area (Å²) in [5.74, 6) is -2.60. The molecule has 0 saturated carbocycles. The van der Waals surface area contributed by atoms with Gasteiger partial charge >= 0.3 is 11.9 Å². The van der Waals surface area contributed by atoms with Gasteiger partial charge < -0.3 is 38.6 Å². The van der Waals surface area contributed by atoms with Gasteiger partial charge in [0.2, 0.25) is 0 Å². The van der Waals surface area contributed by atoms with Crippen molar-refractivity contribution in [2.24, 2.45) is 0 Å². The molecule has 0 aliphatic carbocycles. The Bertz CT molecular complexity index is 725. The van der Waals surface area contributed by atoms with Crippen molar-refractivity contribution in [3.63, 3.8) is 0 Å². The molecule has 0 radical (unpaired) electrons. The van der Waals surface area contributed by atoms with Crippen molar-refractivity contribution < 1.29 is 48.2 Å². The molecule has 0 bridgehead atoms. The van der Waals surface area contributed by atoms with Gasteiger partial charge in [-0.2, -0.15) is 0 Å². The summed E-state index contributed by atoms with van der Waals surface area (Å²) in [7, 11) is 0. The SMILES string of the molecule is CCOC(COCCc1ccc(C(=O)O)c(C(=O)O)c1CCOCC(OCC)OCC)OCC. The third-order valence-corrected chi connectivity index (χ3v) is 4.78. The smallest absolute Gasteiger partial charge is 0.336 e. The van der Waals surface area contributed by atoms with Crippen LogP contribution in [0.5, 0.6) is 0 Å². The lowest BCUT2D eigenvalue weighted by Crippen LogP contribution is -2.25. The summed E-state index contributed by atoms with van der Waals surface area (Å²) < 4.78 is 33.1. The molecule has 1 aromatic rings. The van der Waals surface area contributed by atoms with Gasteiger partial charge in [-0.15, -0.1) is 0 Å². The topological polar surface area (TPSA) is 130 Å². The van der Waals surface area contributed by atoms with Crippen LogP contribution in [0.4, 0.5) is 0 Å². The van der Waals surface area contributed by atoms with Crippen LogP contribution >= 0.6 is 0 Å². The Labute approximate surface area is 201 Å². The third-order valence-electron chi connectivity index (χ3n) is 4.78. The highest BCUT2D eigenvalue weighted by molar-refractivity contribution is 6.03. The number of carboxylic acids is 2. The minimum absolute atomic E-state index is 0.171. The summed E-state index contributed by atoms with van der Waals surface area (Å²) in [6.45, 7) is 10.2. The fourth-order valence-corrected chi connectivity index (χ4v) is 3.38.